The smallest absolute Gasteiger partial charge is 0.286 e. The van der Waals surface area contributed by atoms with Crippen LogP contribution in [0.5, 0.6) is 5.75 Å². The van der Waals surface area contributed by atoms with Gasteiger partial charge < -0.3 is 15.4 Å². The average Bonchev–Trinajstić information content (AvgIpc) is 3.26. The molecule has 0 unspecified atom stereocenters. The maximum Gasteiger partial charge on any atom is 0.286 e. The van der Waals surface area contributed by atoms with Crippen molar-refractivity contribution in [3.63, 3.8) is 0 Å². The van der Waals surface area contributed by atoms with E-state index in [1.54, 1.807) is 0 Å². The first-order chi connectivity index (χ1) is 15.5. The van der Waals surface area contributed by atoms with Crippen molar-refractivity contribution in [2.45, 2.75) is 26.0 Å². The molecule has 0 fully saturated rings. The Morgan fingerprint density at radius 3 is 2.53 bits per heavy atom. The summed E-state index contributed by atoms with van der Waals surface area (Å²) in [4.78, 5) is 24.4. The van der Waals surface area contributed by atoms with Gasteiger partial charge in [-0.15, -0.1) is 22.0 Å². The van der Waals surface area contributed by atoms with E-state index in [0.29, 0.717) is 40.4 Å². The topological polar surface area (TPSA) is 93.2 Å². The number of rotatable bonds is 11. The third-order valence-electron chi connectivity index (χ3n) is 4.40. The predicted molar refractivity (Wildman–Crippen MR) is 130 cm³/mol. The van der Waals surface area contributed by atoms with Crippen molar-refractivity contribution in [1.29, 1.82) is 0 Å². The molecule has 2 amide bonds. The second-order valence-corrected chi connectivity index (χ2v) is 9.04. The van der Waals surface area contributed by atoms with Crippen molar-refractivity contribution in [2.24, 2.45) is 0 Å². The zero-order valence-corrected chi connectivity index (χ0v) is 19.7. The largest absolute Gasteiger partial charge is 0.494 e. The summed E-state index contributed by atoms with van der Waals surface area (Å²) < 4.78 is 5.43. The number of carbonyl (C=O) groups is 2. The first-order valence-electron chi connectivity index (χ1n) is 10.3. The fourth-order valence-corrected chi connectivity index (χ4v) is 4.41. The lowest BCUT2D eigenvalue weighted by Crippen LogP contribution is -2.27. The SMILES string of the molecule is CCOc1ccc(CCNC(=O)CSCc2nnc(C(=O)Nc3ccc(C)cc3)s2)cc1. The van der Waals surface area contributed by atoms with E-state index in [1.807, 2.05) is 62.4 Å². The van der Waals surface area contributed by atoms with E-state index in [2.05, 4.69) is 20.8 Å². The molecule has 1 heterocycles. The summed E-state index contributed by atoms with van der Waals surface area (Å²) in [5.74, 6) is 1.40. The number of benzene rings is 2. The third kappa shape index (κ3) is 7.65. The van der Waals surface area contributed by atoms with Crippen LogP contribution in [0.4, 0.5) is 5.69 Å². The van der Waals surface area contributed by atoms with Crippen LogP contribution in [0.15, 0.2) is 48.5 Å². The lowest BCUT2D eigenvalue weighted by atomic mass is 10.1. The van der Waals surface area contributed by atoms with Crippen LogP contribution >= 0.6 is 23.1 Å². The van der Waals surface area contributed by atoms with Gasteiger partial charge in [0.1, 0.15) is 10.8 Å². The predicted octanol–water partition coefficient (Wildman–Crippen LogP) is 4.09. The van der Waals surface area contributed by atoms with E-state index in [4.69, 9.17) is 4.74 Å². The molecular formula is C23H26N4O3S2. The molecule has 168 valence electrons. The van der Waals surface area contributed by atoms with Crippen LogP contribution in [0.3, 0.4) is 0 Å². The standard InChI is InChI=1S/C23H26N4O3S2/c1-3-30-19-10-6-17(7-11-19)12-13-24-20(28)14-31-15-21-26-27-23(32-21)22(29)25-18-8-4-16(2)5-9-18/h4-11H,3,12-15H2,1-2H3,(H,24,28)(H,25,29). The summed E-state index contributed by atoms with van der Waals surface area (Å²) >= 11 is 2.68. The lowest BCUT2D eigenvalue weighted by molar-refractivity contribution is -0.118. The number of aromatic nitrogens is 2. The number of hydrogen-bond acceptors (Lipinski definition) is 7. The fourth-order valence-electron chi connectivity index (χ4n) is 2.77. The van der Waals surface area contributed by atoms with Crippen LogP contribution in [0.2, 0.25) is 0 Å². The van der Waals surface area contributed by atoms with Crippen molar-refractivity contribution in [2.75, 3.05) is 24.2 Å². The minimum atomic E-state index is -0.283. The number of nitrogens with one attached hydrogen (secondary N) is 2. The summed E-state index contributed by atoms with van der Waals surface area (Å²) in [7, 11) is 0. The normalized spacial score (nSPS) is 10.6. The van der Waals surface area contributed by atoms with Gasteiger partial charge in [0, 0.05) is 18.0 Å². The van der Waals surface area contributed by atoms with E-state index < -0.39 is 0 Å². The fraction of sp³-hybridized carbons (Fsp3) is 0.304. The number of anilines is 1. The van der Waals surface area contributed by atoms with Gasteiger partial charge in [-0.3, -0.25) is 9.59 Å². The van der Waals surface area contributed by atoms with Crippen LogP contribution in [-0.4, -0.2) is 40.9 Å². The molecule has 0 aliphatic carbocycles. The highest BCUT2D eigenvalue weighted by Crippen LogP contribution is 2.18. The summed E-state index contributed by atoms with van der Waals surface area (Å²) in [6.45, 7) is 5.17. The minimum Gasteiger partial charge on any atom is -0.494 e. The highest BCUT2D eigenvalue weighted by atomic mass is 32.2. The molecule has 2 aromatic carbocycles. The molecule has 0 bridgehead atoms. The number of hydrogen-bond donors (Lipinski definition) is 2. The Morgan fingerprint density at radius 1 is 1.06 bits per heavy atom. The Morgan fingerprint density at radius 2 is 1.81 bits per heavy atom. The molecule has 1 aromatic heterocycles. The molecule has 9 heteroatoms. The van der Waals surface area contributed by atoms with Gasteiger partial charge in [0.05, 0.1) is 12.4 Å². The monoisotopic (exact) mass is 470 g/mol. The number of thioether (sulfide) groups is 1. The van der Waals surface area contributed by atoms with E-state index in [1.165, 1.54) is 23.1 Å². The Kier molecular flexibility index (Phi) is 9.06. The molecule has 0 aliphatic rings. The number of aryl methyl sites for hydroxylation is 1. The van der Waals surface area contributed by atoms with Gasteiger partial charge in [-0.05, 0) is 50.1 Å². The average molecular weight is 471 g/mol. The Labute approximate surface area is 196 Å². The molecule has 3 aromatic rings. The van der Waals surface area contributed by atoms with Gasteiger partial charge in [-0.1, -0.05) is 41.2 Å². The molecule has 0 radical (unpaired) electrons. The molecule has 7 nitrogen and oxygen atoms in total. The highest BCUT2D eigenvalue weighted by Gasteiger charge is 2.13. The summed E-state index contributed by atoms with van der Waals surface area (Å²) in [6.07, 6.45) is 0.763. The van der Waals surface area contributed by atoms with E-state index >= 15 is 0 Å². The van der Waals surface area contributed by atoms with Crippen molar-refractivity contribution in [1.82, 2.24) is 15.5 Å². The Bertz CT molecular complexity index is 1020. The molecular weight excluding hydrogens is 444 g/mol. The van der Waals surface area contributed by atoms with Crippen molar-refractivity contribution in [3.8, 4) is 5.75 Å². The van der Waals surface area contributed by atoms with Gasteiger partial charge in [0.15, 0.2) is 0 Å². The highest BCUT2D eigenvalue weighted by molar-refractivity contribution is 7.99. The van der Waals surface area contributed by atoms with E-state index in [-0.39, 0.29) is 11.8 Å². The van der Waals surface area contributed by atoms with Crippen LogP contribution in [-0.2, 0) is 17.0 Å². The van der Waals surface area contributed by atoms with Crippen LogP contribution in [0, 0.1) is 6.92 Å². The maximum absolute atomic E-state index is 12.3. The number of carbonyl (C=O) groups excluding carboxylic acids is 2. The zero-order valence-electron chi connectivity index (χ0n) is 18.1. The van der Waals surface area contributed by atoms with Gasteiger partial charge in [0.25, 0.3) is 5.91 Å². The van der Waals surface area contributed by atoms with Crippen LogP contribution < -0.4 is 15.4 Å². The molecule has 0 aliphatic heterocycles. The van der Waals surface area contributed by atoms with Crippen molar-refractivity contribution < 1.29 is 14.3 Å². The molecule has 0 atom stereocenters. The third-order valence-corrected chi connectivity index (χ3v) is 6.45. The van der Waals surface area contributed by atoms with Crippen molar-refractivity contribution in [3.05, 3.63) is 69.7 Å². The van der Waals surface area contributed by atoms with E-state index in [9.17, 15) is 9.59 Å². The quantitative estimate of drug-likeness (QED) is 0.438. The first-order valence-corrected chi connectivity index (χ1v) is 12.3. The Hall–Kier alpha value is -2.91. The zero-order chi connectivity index (χ0) is 22.8. The van der Waals surface area contributed by atoms with Crippen LogP contribution in [0.25, 0.3) is 0 Å². The lowest BCUT2D eigenvalue weighted by Gasteiger charge is -2.06. The molecule has 3 rings (SSSR count). The Balaban J connectivity index is 1.34. The second kappa shape index (κ2) is 12.2. The molecule has 0 saturated heterocycles. The minimum absolute atomic E-state index is 0.0252. The summed E-state index contributed by atoms with van der Waals surface area (Å²) in [5, 5.41) is 14.8. The number of nitrogens with zero attached hydrogens (tertiary/aromatic N) is 2. The van der Waals surface area contributed by atoms with Gasteiger partial charge in [-0.2, -0.15) is 0 Å². The second-order valence-electron chi connectivity index (χ2n) is 6.99. The van der Waals surface area contributed by atoms with Crippen molar-refractivity contribution >= 4 is 40.6 Å². The molecule has 2 N–H and O–H groups in total. The molecule has 0 saturated carbocycles. The van der Waals surface area contributed by atoms with Gasteiger partial charge in [-0.25, -0.2) is 0 Å². The van der Waals surface area contributed by atoms with Crippen LogP contribution in [0.1, 0.15) is 32.9 Å². The first kappa shape index (κ1) is 23.7. The number of amides is 2. The molecule has 0 spiro atoms. The van der Waals surface area contributed by atoms with Gasteiger partial charge >= 0.3 is 0 Å². The summed E-state index contributed by atoms with van der Waals surface area (Å²) in [5.41, 5.74) is 2.98. The molecule has 32 heavy (non-hydrogen) atoms. The van der Waals surface area contributed by atoms with Gasteiger partial charge in [0.2, 0.25) is 10.9 Å². The maximum atomic E-state index is 12.3. The van der Waals surface area contributed by atoms with E-state index in [0.717, 1.165) is 23.3 Å². The summed E-state index contributed by atoms with van der Waals surface area (Å²) in [6, 6.07) is 15.4. The number of ether oxygens (including phenoxy) is 1.